The Balaban J connectivity index is 2.75. The van der Waals surface area contributed by atoms with Gasteiger partial charge in [-0.3, -0.25) is 4.79 Å². The summed E-state index contributed by atoms with van der Waals surface area (Å²) in [7, 11) is 0. The fourth-order valence-electron chi connectivity index (χ4n) is 2.33. The number of piperidine rings is 1. The minimum absolute atomic E-state index is 0.264. The molecule has 1 aliphatic heterocycles. The minimum atomic E-state index is -1.24. The highest BCUT2D eigenvalue weighted by Crippen LogP contribution is 2.32. The van der Waals surface area contributed by atoms with E-state index in [1.165, 1.54) is 6.92 Å². The lowest BCUT2D eigenvalue weighted by atomic mass is 9.75. The van der Waals surface area contributed by atoms with Crippen LogP contribution in [0, 0.1) is 5.41 Å². The SMILES string of the molecule is CCC1(C(=O)NC(C(=O)O)C(C)O)CCNCC1. The second-order valence-electron chi connectivity index (χ2n) is 4.91. The van der Waals surface area contributed by atoms with Crippen molar-refractivity contribution in [2.24, 2.45) is 5.41 Å². The number of aliphatic carboxylic acids is 1. The van der Waals surface area contributed by atoms with Gasteiger partial charge in [-0.2, -0.15) is 0 Å². The lowest BCUT2D eigenvalue weighted by Crippen LogP contribution is -2.54. The number of hydrogen-bond donors (Lipinski definition) is 4. The van der Waals surface area contributed by atoms with Crippen LogP contribution in [-0.2, 0) is 9.59 Å². The third kappa shape index (κ3) is 3.20. The van der Waals surface area contributed by atoms with Gasteiger partial charge in [-0.05, 0) is 39.3 Å². The maximum Gasteiger partial charge on any atom is 0.328 e. The summed E-state index contributed by atoms with van der Waals surface area (Å²) in [6.07, 6.45) is 0.956. The summed E-state index contributed by atoms with van der Waals surface area (Å²) in [5.41, 5.74) is -0.506. The number of nitrogens with one attached hydrogen (secondary N) is 2. The van der Waals surface area contributed by atoms with Gasteiger partial charge in [0.2, 0.25) is 5.91 Å². The summed E-state index contributed by atoms with van der Waals surface area (Å²) in [5.74, 6) is -1.47. The van der Waals surface area contributed by atoms with Gasteiger partial charge >= 0.3 is 5.97 Å². The first-order valence-corrected chi connectivity index (χ1v) is 6.35. The van der Waals surface area contributed by atoms with E-state index in [4.69, 9.17) is 5.11 Å². The van der Waals surface area contributed by atoms with Crippen LogP contribution in [0.25, 0.3) is 0 Å². The van der Waals surface area contributed by atoms with Gasteiger partial charge in [-0.1, -0.05) is 6.92 Å². The molecule has 2 atom stereocenters. The summed E-state index contributed by atoms with van der Waals surface area (Å²) < 4.78 is 0. The van der Waals surface area contributed by atoms with Gasteiger partial charge in [0.1, 0.15) is 0 Å². The normalized spacial score (nSPS) is 21.9. The van der Waals surface area contributed by atoms with E-state index < -0.39 is 23.5 Å². The van der Waals surface area contributed by atoms with Crippen molar-refractivity contribution in [2.75, 3.05) is 13.1 Å². The molecule has 0 aromatic heterocycles. The Labute approximate surface area is 107 Å². The molecule has 104 valence electrons. The zero-order valence-corrected chi connectivity index (χ0v) is 10.9. The van der Waals surface area contributed by atoms with Gasteiger partial charge in [-0.15, -0.1) is 0 Å². The van der Waals surface area contributed by atoms with E-state index in [-0.39, 0.29) is 5.91 Å². The Bertz CT molecular complexity index is 311. The molecule has 1 saturated heterocycles. The molecule has 0 radical (unpaired) electrons. The van der Waals surface area contributed by atoms with Crippen LogP contribution < -0.4 is 10.6 Å². The van der Waals surface area contributed by atoms with E-state index >= 15 is 0 Å². The average Bonchev–Trinajstić information content (AvgIpc) is 2.35. The molecule has 0 aromatic carbocycles. The number of carbonyl (C=O) groups is 2. The molecule has 0 saturated carbocycles. The van der Waals surface area contributed by atoms with E-state index in [1.54, 1.807) is 0 Å². The molecule has 1 amide bonds. The molecule has 6 nitrogen and oxygen atoms in total. The van der Waals surface area contributed by atoms with E-state index in [0.29, 0.717) is 19.3 Å². The Kier molecular flexibility index (Phi) is 5.10. The third-order valence-corrected chi connectivity index (χ3v) is 3.75. The molecule has 1 heterocycles. The fourth-order valence-corrected chi connectivity index (χ4v) is 2.33. The molecule has 1 rings (SSSR count). The summed E-state index contributed by atoms with van der Waals surface area (Å²) in [4.78, 5) is 23.2. The minimum Gasteiger partial charge on any atom is -0.480 e. The van der Waals surface area contributed by atoms with Crippen molar-refractivity contribution in [1.29, 1.82) is 0 Å². The number of aliphatic hydroxyl groups is 1. The zero-order valence-electron chi connectivity index (χ0n) is 10.9. The second-order valence-corrected chi connectivity index (χ2v) is 4.91. The molecule has 2 unspecified atom stereocenters. The maximum atomic E-state index is 12.3. The number of carbonyl (C=O) groups excluding carboxylic acids is 1. The van der Waals surface area contributed by atoms with Crippen LogP contribution in [-0.4, -0.2) is 47.3 Å². The predicted octanol–water partition coefficient (Wildman–Crippen LogP) is -0.284. The molecule has 1 aliphatic rings. The zero-order chi connectivity index (χ0) is 13.8. The molecule has 18 heavy (non-hydrogen) atoms. The van der Waals surface area contributed by atoms with Crippen molar-refractivity contribution in [2.45, 2.75) is 45.3 Å². The molecule has 0 aliphatic carbocycles. The van der Waals surface area contributed by atoms with Crippen LogP contribution in [0.1, 0.15) is 33.1 Å². The highest BCUT2D eigenvalue weighted by molar-refractivity contribution is 5.87. The van der Waals surface area contributed by atoms with E-state index in [1.807, 2.05) is 6.92 Å². The van der Waals surface area contributed by atoms with Gasteiger partial charge < -0.3 is 20.8 Å². The van der Waals surface area contributed by atoms with Gasteiger partial charge in [0.25, 0.3) is 0 Å². The van der Waals surface area contributed by atoms with Crippen LogP contribution in [0.2, 0.25) is 0 Å². The van der Waals surface area contributed by atoms with Crippen molar-refractivity contribution in [1.82, 2.24) is 10.6 Å². The number of rotatable bonds is 5. The fraction of sp³-hybridized carbons (Fsp3) is 0.833. The lowest BCUT2D eigenvalue weighted by molar-refractivity contribution is -0.147. The number of carboxylic acids is 1. The smallest absolute Gasteiger partial charge is 0.328 e. The van der Waals surface area contributed by atoms with Crippen molar-refractivity contribution >= 4 is 11.9 Å². The topological polar surface area (TPSA) is 98.7 Å². The van der Waals surface area contributed by atoms with Crippen molar-refractivity contribution in [3.63, 3.8) is 0 Å². The van der Waals surface area contributed by atoms with E-state index in [9.17, 15) is 14.7 Å². The molecule has 0 aromatic rings. The summed E-state index contributed by atoms with van der Waals surface area (Å²) in [5, 5.41) is 24.0. The van der Waals surface area contributed by atoms with Crippen LogP contribution in [0.3, 0.4) is 0 Å². The first-order valence-electron chi connectivity index (χ1n) is 6.35. The van der Waals surface area contributed by atoms with Crippen LogP contribution in [0.5, 0.6) is 0 Å². The second kappa shape index (κ2) is 6.15. The van der Waals surface area contributed by atoms with Gasteiger partial charge in [0, 0.05) is 0 Å². The van der Waals surface area contributed by atoms with Crippen molar-refractivity contribution in [3.05, 3.63) is 0 Å². The first-order chi connectivity index (χ1) is 8.43. The third-order valence-electron chi connectivity index (χ3n) is 3.75. The molecule has 0 bridgehead atoms. The number of carboxylic acid groups (broad SMARTS) is 1. The van der Waals surface area contributed by atoms with Crippen LogP contribution >= 0.6 is 0 Å². The summed E-state index contributed by atoms with van der Waals surface area (Å²) in [6.45, 7) is 4.81. The lowest BCUT2D eigenvalue weighted by Gasteiger charge is -2.36. The predicted molar refractivity (Wildman–Crippen MR) is 66.1 cm³/mol. The summed E-state index contributed by atoms with van der Waals surface area (Å²) >= 11 is 0. The van der Waals surface area contributed by atoms with Crippen LogP contribution in [0.15, 0.2) is 0 Å². The van der Waals surface area contributed by atoms with Gasteiger partial charge in [0.15, 0.2) is 6.04 Å². The maximum absolute atomic E-state index is 12.3. The summed E-state index contributed by atoms with van der Waals surface area (Å²) in [6, 6.07) is -1.24. The first kappa shape index (κ1) is 14.9. The van der Waals surface area contributed by atoms with E-state index in [0.717, 1.165) is 13.1 Å². The quantitative estimate of drug-likeness (QED) is 0.543. The highest BCUT2D eigenvalue weighted by Gasteiger charge is 2.40. The molecular weight excluding hydrogens is 236 g/mol. The van der Waals surface area contributed by atoms with Gasteiger partial charge in [-0.25, -0.2) is 4.79 Å². The molecule has 6 heteroatoms. The highest BCUT2D eigenvalue weighted by atomic mass is 16.4. The Morgan fingerprint density at radius 1 is 1.39 bits per heavy atom. The monoisotopic (exact) mass is 258 g/mol. The van der Waals surface area contributed by atoms with Crippen molar-refractivity contribution < 1.29 is 19.8 Å². The number of hydrogen-bond acceptors (Lipinski definition) is 4. The standard InChI is InChI=1S/C12H22N2O4/c1-3-12(4-6-13-7-5-12)11(18)14-9(8(2)15)10(16)17/h8-9,13,15H,3-7H2,1-2H3,(H,14,18)(H,16,17). The molecular formula is C12H22N2O4. The Hall–Kier alpha value is -1.14. The largest absolute Gasteiger partial charge is 0.480 e. The van der Waals surface area contributed by atoms with E-state index in [2.05, 4.69) is 10.6 Å². The molecule has 4 N–H and O–H groups in total. The van der Waals surface area contributed by atoms with Crippen LogP contribution in [0.4, 0.5) is 0 Å². The van der Waals surface area contributed by atoms with Gasteiger partial charge in [0.05, 0.1) is 11.5 Å². The molecule has 1 fully saturated rings. The Morgan fingerprint density at radius 3 is 2.33 bits per heavy atom. The average molecular weight is 258 g/mol. The number of amides is 1. The molecule has 0 spiro atoms. The Morgan fingerprint density at radius 2 is 1.94 bits per heavy atom. The number of aliphatic hydroxyl groups excluding tert-OH is 1. The van der Waals surface area contributed by atoms with Crippen molar-refractivity contribution in [3.8, 4) is 0 Å².